The molecule has 8 nitrogen and oxygen atoms in total. The van der Waals surface area contributed by atoms with Crippen molar-refractivity contribution in [1.82, 2.24) is 24.6 Å². The summed E-state index contributed by atoms with van der Waals surface area (Å²) in [7, 11) is 0. The summed E-state index contributed by atoms with van der Waals surface area (Å²) in [6, 6.07) is -1.10. The number of amides is 1. The fraction of sp³-hybridized carbons (Fsp3) is 0.417. The predicted molar refractivity (Wildman–Crippen MR) is 68.1 cm³/mol. The first-order chi connectivity index (χ1) is 10.9. The summed E-state index contributed by atoms with van der Waals surface area (Å²) >= 11 is 0. The average Bonchev–Trinajstić information content (AvgIpc) is 3.03. The quantitative estimate of drug-likeness (QED) is 0.820. The summed E-state index contributed by atoms with van der Waals surface area (Å²) in [5.41, 5.74) is 0.181. The van der Waals surface area contributed by atoms with Crippen molar-refractivity contribution in [2.24, 2.45) is 0 Å². The van der Waals surface area contributed by atoms with Crippen molar-refractivity contribution in [1.29, 1.82) is 0 Å². The van der Waals surface area contributed by atoms with Gasteiger partial charge in [0.05, 0.1) is 6.20 Å². The van der Waals surface area contributed by atoms with E-state index in [1.165, 1.54) is 18.6 Å². The second-order valence-corrected chi connectivity index (χ2v) is 4.91. The zero-order chi connectivity index (χ0) is 16.6. The van der Waals surface area contributed by atoms with Gasteiger partial charge in [0.25, 0.3) is 0 Å². The Kier molecular flexibility index (Phi) is 3.62. The topological polar surface area (TPSA) is 94.1 Å². The lowest BCUT2D eigenvalue weighted by Crippen LogP contribution is -2.37. The van der Waals surface area contributed by atoms with Gasteiger partial charge in [0, 0.05) is 18.9 Å². The fourth-order valence-corrected chi connectivity index (χ4v) is 2.45. The molecule has 0 N–H and O–H groups in total. The second-order valence-electron chi connectivity index (χ2n) is 4.91. The molecule has 1 saturated heterocycles. The number of alkyl halides is 3. The zero-order valence-electron chi connectivity index (χ0n) is 11.5. The third kappa shape index (κ3) is 2.94. The molecule has 0 bridgehead atoms. The molecule has 0 unspecified atom stereocenters. The van der Waals surface area contributed by atoms with E-state index in [4.69, 9.17) is 0 Å². The first-order valence-corrected chi connectivity index (χ1v) is 6.57. The number of hydrogen-bond acceptors (Lipinski definition) is 6. The largest absolute Gasteiger partial charge is 0.442 e. The van der Waals surface area contributed by atoms with Crippen molar-refractivity contribution in [2.45, 2.75) is 18.6 Å². The highest BCUT2D eigenvalue weighted by atomic mass is 19.4. The fourth-order valence-electron chi connectivity index (χ4n) is 2.45. The molecule has 2 aromatic rings. The van der Waals surface area contributed by atoms with Crippen LogP contribution in [0.25, 0.3) is 11.5 Å². The summed E-state index contributed by atoms with van der Waals surface area (Å²) in [6.07, 6.45) is -0.398. The minimum atomic E-state index is -4.50. The summed E-state index contributed by atoms with van der Waals surface area (Å²) < 4.78 is 42.8. The lowest BCUT2D eigenvalue weighted by atomic mass is 10.2. The van der Waals surface area contributed by atoms with Crippen LogP contribution in [0.3, 0.4) is 0 Å². The summed E-state index contributed by atoms with van der Waals surface area (Å²) in [5, 5.41) is 3.54. The summed E-state index contributed by atoms with van der Waals surface area (Å²) in [5.74, 6) is -1.79. The highest BCUT2D eigenvalue weighted by molar-refractivity contribution is 5.83. The number of hydrogen-bond donors (Lipinski definition) is 0. The molecule has 3 rings (SSSR count). The molecule has 1 fully saturated rings. The van der Waals surface area contributed by atoms with Crippen LogP contribution in [0.2, 0.25) is 0 Å². The molecule has 2 aromatic heterocycles. The minimum absolute atomic E-state index is 0.0449. The maximum Gasteiger partial charge on any atom is 0.442 e. The zero-order valence-corrected chi connectivity index (χ0v) is 11.5. The van der Waals surface area contributed by atoms with E-state index in [1.54, 1.807) is 0 Å². The third-order valence-electron chi connectivity index (χ3n) is 3.38. The highest BCUT2D eigenvalue weighted by Gasteiger charge is 2.41. The van der Waals surface area contributed by atoms with Crippen molar-refractivity contribution in [3.8, 4) is 11.5 Å². The Morgan fingerprint density at radius 2 is 2.09 bits per heavy atom. The Labute approximate surface area is 126 Å². The molecule has 23 heavy (non-hydrogen) atoms. The van der Waals surface area contributed by atoms with Gasteiger partial charge < -0.3 is 4.90 Å². The van der Waals surface area contributed by atoms with Crippen LogP contribution in [0, 0.1) is 0 Å². The first kappa shape index (κ1) is 15.2. The molecule has 0 aromatic carbocycles. The first-order valence-electron chi connectivity index (χ1n) is 6.57. The molecule has 0 radical (unpaired) electrons. The van der Waals surface area contributed by atoms with Gasteiger partial charge in [-0.05, 0) is 6.42 Å². The normalized spacial score (nSPS) is 18.7. The van der Waals surface area contributed by atoms with E-state index < -0.39 is 30.4 Å². The van der Waals surface area contributed by atoms with Gasteiger partial charge in [-0.15, -0.1) is 0 Å². The van der Waals surface area contributed by atoms with E-state index in [2.05, 4.69) is 19.6 Å². The molecular formula is C12H10F3N5O3. The van der Waals surface area contributed by atoms with Crippen molar-refractivity contribution in [3.05, 3.63) is 29.1 Å². The second kappa shape index (κ2) is 5.48. The molecular weight excluding hydrogens is 319 g/mol. The molecule has 122 valence electrons. The molecule has 1 aliphatic rings. The van der Waals surface area contributed by atoms with Crippen molar-refractivity contribution in [2.75, 3.05) is 13.1 Å². The number of rotatable bonds is 3. The van der Waals surface area contributed by atoms with Gasteiger partial charge in [-0.25, -0.2) is 14.3 Å². The number of carbonyl (C=O) groups excluding carboxylic acids is 1. The Bertz CT molecular complexity index is 770. The summed E-state index contributed by atoms with van der Waals surface area (Å²) in [4.78, 5) is 32.4. The van der Waals surface area contributed by atoms with Crippen molar-refractivity contribution < 1.29 is 22.5 Å². The Hall–Kier alpha value is -2.72. The molecule has 0 spiro atoms. The van der Waals surface area contributed by atoms with Crippen LogP contribution < -0.4 is 5.76 Å². The lowest BCUT2D eigenvalue weighted by Gasteiger charge is -2.18. The van der Waals surface area contributed by atoms with Crippen LogP contribution in [0.4, 0.5) is 13.2 Å². The van der Waals surface area contributed by atoms with Gasteiger partial charge >= 0.3 is 11.9 Å². The van der Waals surface area contributed by atoms with E-state index in [0.29, 0.717) is 4.90 Å². The van der Waals surface area contributed by atoms with Gasteiger partial charge in [-0.2, -0.15) is 13.2 Å². The molecule has 0 saturated carbocycles. The van der Waals surface area contributed by atoms with Gasteiger partial charge in [0.15, 0.2) is 0 Å². The number of carbonyl (C=O) groups is 1. The molecule has 1 amide bonds. The minimum Gasteiger partial charge on any atom is -0.332 e. The van der Waals surface area contributed by atoms with Gasteiger partial charge in [0.1, 0.15) is 18.3 Å². The number of aromatic nitrogens is 4. The van der Waals surface area contributed by atoms with E-state index in [0.717, 1.165) is 4.57 Å². The Morgan fingerprint density at radius 3 is 2.74 bits per heavy atom. The number of halogens is 3. The van der Waals surface area contributed by atoms with Crippen molar-refractivity contribution >= 4 is 5.91 Å². The van der Waals surface area contributed by atoms with Gasteiger partial charge in [-0.3, -0.25) is 14.3 Å². The number of likely N-dealkylation sites (tertiary alicyclic amines) is 1. The molecule has 1 aliphatic heterocycles. The smallest absolute Gasteiger partial charge is 0.332 e. The SMILES string of the molecule is O=C1[C@H](n2c(-c3cnccn3)noc2=O)CCN1CC(F)(F)F. The van der Waals surface area contributed by atoms with E-state index in [-0.39, 0.29) is 24.5 Å². The van der Waals surface area contributed by atoms with Gasteiger partial charge in [0.2, 0.25) is 11.7 Å². The summed E-state index contributed by atoms with van der Waals surface area (Å²) in [6.45, 7) is -1.47. The maximum atomic E-state index is 12.5. The highest BCUT2D eigenvalue weighted by Crippen LogP contribution is 2.28. The Balaban J connectivity index is 1.93. The third-order valence-corrected chi connectivity index (χ3v) is 3.38. The predicted octanol–water partition coefficient (Wildman–Crippen LogP) is 0.629. The number of nitrogens with zero attached hydrogens (tertiary/aromatic N) is 5. The molecule has 0 aliphatic carbocycles. The van der Waals surface area contributed by atoms with E-state index >= 15 is 0 Å². The standard InChI is InChI=1S/C12H10F3N5O3/c13-12(14,15)6-19-4-1-8(10(19)21)20-9(18-23-11(20)22)7-5-16-2-3-17-7/h2-3,5,8H,1,4,6H2/t8-/m1/s1. The van der Waals surface area contributed by atoms with Gasteiger partial charge in [-0.1, -0.05) is 5.16 Å². The van der Waals surface area contributed by atoms with Crippen LogP contribution in [-0.4, -0.2) is 49.8 Å². The van der Waals surface area contributed by atoms with Crippen LogP contribution in [0.5, 0.6) is 0 Å². The monoisotopic (exact) mass is 329 g/mol. The van der Waals surface area contributed by atoms with Crippen LogP contribution in [0.15, 0.2) is 27.9 Å². The molecule has 11 heteroatoms. The molecule has 3 heterocycles. The van der Waals surface area contributed by atoms with Crippen LogP contribution >= 0.6 is 0 Å². The maximum absolute atomic E-state index is 12.5. The molecule has 1 atom stereocenters. The average molecular weight is 329 g/mol. The van der Waals surface area contributed by atoms with E-state index in [9.17, 15) is 22.8 Å². The Morgan fingerprint density at radius 1 is 1.30 bits per heavy atom. The lowest BCUT2D eigenvalue weighted by molar-refractivity contribution is -0.158. The van der Waals surface area contributed by atoms with Crippen LogP contribution in [0.1, 0.15) is 12.5 Å². The van der Waals surface area contributed by atoms with Crippen LogP contribution in [-0.2, 0) is 4.79 Å². The van der Waals surface area contributed by atoms with Crippen molar-refractivity contribution in [3.63, 3.8) is 0 Å². The van der Waals surface area contributed by atoms with E-state index in [1.807, 2.05) is 0 Å².